The van der Waals surface area contributed by atoms with Gasteiger partial charge in [-0.15, -0.1) is 0 Å². The number of rotatable bonds is 6. The highest BCUT2D eigenvalue weighted by atomic mass is 32.2. The Morgan fingerprint density at radius 2 is 1.70 bits per heavy atom. The average Bonchev–Trinajstić information content (AvgIpc) is 2.53. The summed E-state index contributed by atoms with van der Waals surface area (Å²) in [6.45, 7) is 5.41. The second-order valence-electron chi connectivity index (χ2n) is 5.71. The number of hydrogen-bond donors (Lipinski definition) is 0. The summed E-state index contributed by atoms with van der Waals surface area (Å²) in [5, 5.41) is 0. The van der Waals surface area contributed by atoms with Crippen molar-refractivity contribution < 1.29 is 13.2 Å². The van der Waals surface area contributed by atoms with Crippen molar-refractivity contribution in [3.8, 4) is 0 Å². The highest BCUT2D eigenvalue weighted by Crippen LogP contribution is 2.22. The Hall–Kier alpha value is -1.98. The van der Waals surface area contributed by atoms with Crippen LogP contribution in [0.1, 0.15) is 36.7 Å². The van der Waals surface area contributed by atoms with E-state index >= 15 is 0 Å². The smallest absolute Gasteiger partial charge is 0.243 e. The summed E-state index contributed by atoms with van der Waals surface area (Å²) in [6.07, 6.45) is 0. The van der Waals surface area contributed by atoms with Gasteiger partial charge in [-0.2, -0.15) is 4.31 Å². The van der Waals surface area contributed by atoms with Crippen molar-refractivity contribution in [2.75, 3.05) is 0 Å². The summed E-state index contributed by atoms with van der Waals surface area (Å²) in [6, 6.07) is 15.5. The van der Waals surface area contributed by atoms with Crippen LogP contribution in [0.25, 0.3) is 0 Å². The minimum atomic E-state index is -3.67. The van der Waals surface area contributed by atoms with E-state index in [2.05, 4.69) is 0 Å². The lowest BCUT2D eigenvalue weighted by molar-refractivity contribution is 0.101. The molecule has 0 unspecified atom stereocenters. The van der Waals surface area contributed by atoms with Crippen LogP contribution in [0.5, 0.6) is 0 Å². The summed E-state index contributed by atoms with van der Waals surface area (Å²) in [7, 11) is -3.67. The van der Waals surface area contributed by atoms with Gasteiger partial charge in [0.2, 0.25) is 10.0 Å². The topological polar surface area (TPSA) is 54.5 Å². The van der Waals surface area contributed by atoms with Crippen LogP contribution in [0.4, 0.5) is 0 Å². The van der Waals surface area contributed by atoms with Crippen LogP contribution in [0.3, 0.4) is 0 Å². The standard InChI is InChI=1S/C18H21NO3S/c1-14(2)19(13-16-8-5-4-6-9-16)23(21,22)18-11-7-10-17(12-18)15(3)20/h4-12,14H,13H2,1-3H3. The van der Waals surface area contributed by atoms with Crippen LogP contribution >= 0.6 is 0 Å². The van der Waals surface area contributed by atoms with Crippen molar-refractivity contribution in [3.05, 3.63) is 65.7 Å². The molecule has 0 amide bonds. The fraction of sp³-hybridized carbons (Fsp3) is 0.278. The maximum Gasteiger partial charge on any atom is 0.243 e. The van der Waals surface area contributed by atoms with Gasteiger partial charge in [-0.05, 0) is 38.5 Å². The van der Waals surface area contributed by atoms with E-state index in [4.69, 9.17) is 0 Å². The van der Waals surface area contributed by atoms with E-state index in [-0.39, 0.29) is 16.7 Å². The molecule has 122 valence electrons. The zero-order valence-corrected chi connectivity index (χ0v) is 14.4. The summed E-state index contributed by atoms with van der Waals surface area (Å²) in [4.78, 5) is 11.7. The molecule has 23 heavy (non-hydrogen) atoms. The Bertz CT molecular complexity index is 783. The summed E-state index contributed by atoms with van der Waals surface area (Å²) < 4.78 is 27.4. The molecule has 5 heteroatoms. The number of nitrogens with zero attached hydrogens (tertiary/aromatic N) is 1. The van der Waals surface area contributed by atoms with Gasteiger partial charge in [0.15, 0.2) is 5.78 Å². The molecule has 2 aromatic rings. The van der Waals surface area contributed by atoms with E-state index in [9.17, 15) is 13.2 Å². The number of carbonyl (C=O) groups is 1. The molecule has 0 aromatic heterocycles. The third-order valence-corrected chi connectivity index (χ3v) is 5.62. The van der Waals surface area contributed by atoms with Crippen molar-refractivity contribution in [2.24, 2.45) is 0 Å². The number of hydrogen-bond acceptors (Lipinski definition) is 3. The molecule has 2 aromatic carbocycles. The van der Waals surface area contributed by atoms with Gasteiger partial charge in [-0.1, -0.05) is 42.5 Å². The molecule has 4 nitrogen and oxygen atoms in total. The molecule has 2 rings (SSSR count). The number of sulfonamides is 1. The minimum absolute atomic E-state index is 0.148. The molecule has 0 atom stereocenters. The summed E-state index contributed by atoms with van der Waals surface area (Å²) in [5.41, 5.74) is 1.32. The lowest BCUT2D eigenvalue weighted by Crippen LogP contribution is -2.36. The molecule has 0 saturated carbocycles. The molecule has 0 spiro atoms. The van der Waals surface area contributed by atoms with E-state index in [1.165, 1.54) is 23.4 Å². The average molecular weight is 331 g/mol. The van der Waals surface area contributed by atoms with Crippen LogP contribution < -0.4 is 0 Å². The van der Waals surface area contributed by atoms with Crippen molar-refractivity contribution in [2.45, 2.75) is 38.3 Å². The zero-order valence-electron chi connectivity index (χ0n) is 13.6. The molecule has 0 N–H and O–H groups in total. The first-order valence-electron chi connectivity index (χ1n) is 7.49. The van der Waals surface area contributed by atoms with Gasteiger partial charge in [-0.25, -0.2) is 8.42 Å². The summed E-state index contributed by atoms with van der Waals surface area (Å²) in [5.74, 6) is -0.152. The maximum absolute atomic E-state index is 13.0. The predicted octanol–water partition coefficient (Wildman–Crippen LogP) is 3.49. The van der Waals surface area contributed by atoms with Gasteiger partial charge >= 0.3 is 0 Å². The number of ketones is 1. The van der Waals surface area contributed by atoms with Crippen molar-refractivity contribution >= 4 is 15.8 Å². The number of Topliss-reactive ketones (excluding diaryl/α,β-unsaturated/α-hetero) is 1. The van der Waals surface area contributed by atoms with E-state index in [1.807, 2.05) is 44.2 Å². The van der Waals surface area contributed by atoms with E-state index in [0.717, 1.165) is 5.56 Å². The van der Waals surface area contributed by atoms with Crippen molar-refractivity contribution in [1.82, 2.24) is 4.31 Å². The molecule has 0 radical (unpaired) electrons. The molecule has 0 aliphatic rings. The molecule has 0 heterocycles. The van der Waals surface area contributed by atoms with Crippen LogP contribution in [-0.2, 0) is 16.6 Å². The van der Waals surface area contributed by atoms with Gasteiger partial charge in [0.25, 0.3) is 0 Å². The van der Waals surface area contributed by atoms with Crippen LogP contribution in [0, 0.1) is 0 Å². The molecule has 0 aliphatic heterocycles. The fourth-order valence-corrected chi connectivity index (χ4v) is 3.99. The second kappa shape index (κ2) is 7.06. The highest BCUT2D eigenvalue weighted by molar-refractivity contribution is 7.89. The Morgan fingerprint density at radius 3 is 2.26 bits per heavy atom. The zero-order chi connectivity index (χ0) is 17.0. The third-order valence-electron chi connectivity index (χ3n) is 3.60. The molecule has 0 bridgehead atoms. The van der Waals surface area contributed by atoms with Gasteiger partial charge in [0.05, 0.1) is 4.90 Å². The second-order valence-corrected chi connectivity index (χ2v) is 7.60. The highest BCUT2D eigenvalue weighted by Gasteiger charge is 2.27. The molecule has 0 saturated heterocycles. The Morgan fingerprint density at radius 1 is 1.04 bits per heavy atom. The van der Waals surface area contributed by atoms with Gasteiger partial charge in [0, 0.05) is 18.2 Å². The first kappa shape index (κ1) is 17.4. The lowest BCUT2D eigenvalue weighted by Gasteiger charge is -2.26. The largest absolute Gasteiger partial charge is 0.295 e. The van der Waals surface area contributed by atoms with Gasteiger partial charge < -0.3 is 0 Å². The summed E-state index contributed by atoms with van der Waals surface area (Å²) >= 11 is 0. The molecular weight excluding hydrogens is 310 g/mol. The van der Waals surface area contributed by atoms with Gasteiger partial charge in [0.1, 0.15) is 0 Å². The van der Waals surface area contributed by atoms with Crippen LogP contribution in [-0.4, -0.2) is 24.5 Å². The Labute approximate surface area is 137 Å². The van der Waals surface area contributed by atoms with Crippen LogP contribution in [0.15, 0.2) is 59.5 Å². The monoisotopic (exact) mass is 331 g/mol. The maximum atomic E-state index is 13.0. The van der Waals surface area contributed by atoms with Crippen molar-refractivity contribution in [1.29, 1.82) is 0 Å². The minimum Gasteiger partial charge on any atom is -0.295 e. The fourth-order valence-electron chi connectivity index (χ4n) is 2.32. The quantitative estimate of drug-likeness (QED) is 0.761. The lowest BCUT2D eigenvalue weighted by atomic mass is 10.2. The SMILES string of the molecule is CC(=O)c1cccc(S(=O)(=O)N(Cc2ccccc2)C(C)C)c1. The molecular formula is C18H21NO3S. The first-order chi connectivity index (χ1) is 10.8. The van der Waals surface area contributed by atoms with E-state index in [1.54, 1.807) is 12.1 Å². The number of carbonyl (C=O) groups excluding carboxylic acids is 1. The third kappa shape index (κ3) is 4.06. The van der Waals surface area contributed by atoms with E-state index < -0.39 is 10.0 Å². The van der Waals surface area contributed by atoms with Crippen molar-refractivity contribution in [3.63, 3.8) is 0 Å². The first-order valence-corrected chi connectivity index (χ1v) is 8.93. The van der Waals surface area contributed by atoms with Gasteiger partial charge in [-0.3, -0.25) is 4.79 Å². The number of benzene rings is 2. The Kier molecular flexibility index (Phi) is 5.34. The molecule has 0 aliphatic carbocycles. The van der Waals surface area contributed by atoms with Crippen LogP contribution in [0.2, 0.25) is 0 Å². The van der Waals surface area contributed by atoms with E-state index in [0.29, 0.717) is 12.1 Å². The normalized spacial score (nSPS) is 11.9. The molecule has 0 fully saturated rings. The predicted molar refractivity (Wildman–Crippen MR) is 90.8 cm³/mol. The Balaban J connectivity index is 2.41.